The number of aromatic nitrogens is 2. The van der Waals surface area contributed by atoms with Gasteiger partial charge in [-0.2, -0.15) is 39.5 Å². The molecule has 5 aromatic rings. The van der Waals surface area contributed by atoms with Crippen molar-refractivity contribution in [2.24, 2.45) is 0 Å². The highest BCUT2D eigenvalue weighted by atomic mass is 19.4. The van der Waals surface area contributed by atoms with Crippen LogP contribution in [0.2, 0.25) is 0 Å². The van der Waals surface area contributed by atoms with Crippen LogP contribution in [-0.2, 0) is 18.5 Å². The van der Waals surface area contributed by atoms with Gasteiger partial charge in [-0.05, 0) is 47.2 Å². The van der Waals surface area contributed by atoms with Crippen LogP contribution in [0.4, 0.5) is 39.5 Å². The summed E-state index contributed by atoms with van der Waals surface area (Å²) in [5.41, 5.74) is -8.41. The summed E-state index contributed by atoms with van der Waals surface area (Å²) in [4.78, 5) is 0. The van der Waals surface area contributed by atoms with Gasteiger partial charge in [0.2, 0.25) is 0 Å². The van der Waals surface area contributed by atoms with Crippen molar-refractivity contribution in [1.82, 2.24) is 10.2 Å². The zero-order valence-electron chi connectivity index (χ0n) is 18.1. The third-order valence-electron chi connectivity index (χ3n) is 5.73. The number of hydrogen-bond donors (Lipinski definition) is 0. The minimum absolute atomic E-state index is 0.0570. The molecule has 2 heterocycles. The molecule has 0 amide bonds. The molecule has 2 aromatic heterocycles. The van der Waals surface area contributed by atoms with Crippen molar-refractivity contribution in [2.75, 3.05) is 0 Å². The van der Waals surface area contributed by atoms with Crippen LogP contribution in [0.15, 0.2) is 71.3 Å². The van der Waals surface area contributed by atoms with Crippen LogP contribution in [-0.4, -0.2) is 10.2 Å². The van der Waals surface area contributed by atoms with Gasteiger partial charge in [0.05, 0.1) is 23.0 Å². The molecule has 0 aliphatic rings. The summed E-state index contributed by atoms with van der Waals surface area (Å²) in [6.07, 6.45) is -15.4. The normalized spacial score (nSPS) is 13.0. The Labute approximate surface area is 201 Å². The molecule has 190 valence electrons. The number of rotatable bonds is 2. The highest BCUT2D eigenvalue weighted by molar-refractivity contribution is 6.08. The van der Waals surface area contributed by atoms with Gasteiger partial charge in [0.15, 0.2) is 5.76 Å². The van der Waals surface area contributed by atoms with Gasteiger partial charge in [0, 0.05) is 16.3 Å². The molecule has 0 saturated heterocycles. The first kappa shape index (κ1) is 24.6. The molecule has 0 aliphatic carbocycles. The molecule has 0 saturated carbocycles. The summed E-state index contributed by atoms with van der Waals surface area (Å²) in [6, 6.07) is 11.9. The van der Waals surface area contributed by atoms with Crippen LogP contribution < -0.4 is 0 Å². The van der Waals surface area contributed by atoms with E-state index in [0.29, 0.717) is 10.8 Å². The Balaban J connectivity index is 1.93. The summed E-state index contributed by atoms with van der Waals surface area (Å²) in [6.45, 7) is 0. The van der Waals surface area contributed by atoms with E-state index in [1.807, 2.05) is 0 Å². The molecule has 0 N–H and O–H groups in total. The third-order valence-corrected chi connectivity index (χ3v) is 5.73. The molecule has 0 radical (unpaired) electrons. The smallest absolute Gasteiger partial charge is 0.417 e. The third kappa shape index (κ3) is 4.36. The molecular weight excluding hydrogens is 515 g/mol. The van der Waals surface area contributed by atoms with Crippen molar-refractivity contribution in [3.05, 3.63) is 83.6 Å². The minimum Gasteiger partial charge on any atom is -0.463 e. The molecule has 0 aliphatic heterocycles. The quantitative estimate of drug-likeness (QED) is 0.171. The van der Waals surface area contributed by atoms with Crippen molar-refractivity contribution in [1.29, 1.82) is 0 Å². The minimum atomic E-state index is -5.70. The van der Waals surface area contributed by atoms with Gasteiger partial charge in [-0.1, -0.05) is 24.3 Å². The van der Waals surface area contributed by atoms with Gasteiger partial charge in [0.1, 0.15) is 11.4 Å². The number of halogens is 9. The van der Waals surface area contributed by atoms with Gasteiger partial charge in [-0.3, -0.25) is 0 Å². The number of hydrogen-bond acceptors (Lipinski definition) is 3. The highest BCUT2D eigenvalue weighted by Gasteiger charge is 2.47. The largest absolute Gasteiger partial charge is 0.463 e. The Morgan fingerprint density at radius 1 is 0.541 bits per heavy atom. The van der Waals surface area contributed by atoms with E-state index < -0.39 is 52.5 Å². The molecule has 0 fully saturated rings. The first-order valence-corrected chi connectivity index (χ1v) is 10.4. The second kappa shape index (κ2) is 8.22. The maximum absolute atomic E-state index is 14.0. The summed E-state index contributed by atoms with van der Waals surface area (Å²) >= 11 is 0. The van der Waals surface area contributed by atoms with Gasteiger partial charge in [-0.15, -0.1) is 10.2 Å². The first-order valence-electron chi connectivity index (χ1n) is 10.4. The SMILES string of the molecule is FC(F)(F)c1cc(C(F)(F)F)c(C(F)(F)F)cc1-c1nnc(-c2ccco2)c2cc3ccccc3cc12. The summed E-state index contributed by atoms with van der Waals surface area (Å²) in [7, 11) is 0. The fourth-order valence-electron chi connectivity index (χ4n) is 4.13. The van der Waals surface area contributed by atoms with Gasteiger partial charge < -0.3 is 4.42 Å². The van der Waals surface area contributed by atoms with Gasteiger partial charge in [0.25, 0.3) is 0 Å². The molecule has 0 bridgehead atoms. The molecule has 37 heavy (non-hydrogen) atoms. The maximum atomic E-state index is 14.0. The van der Waals surface area contributed by atoms with E-state index in [1.54, 1.807) is 30.3 Å². The Morgan fingerprint density at radius 3 is 1.57 bits per heavy atom. The van der Waals surface area contributed by atoms with Crippen LogP contribution in [0, 0.1) is 0 Å². The van der Waals surface area contributed by atoms with E-state index in [4.69, 9.17) is 4.42 Å². The van der Waals surface area contributed by atoms with E-state index >= 15 is 0 Å². The number of nitrogens with zero attached hydrogens (tertiary/aromatic N) is 2. The molecule has 5 rings (SSSR count). The van der Waals surface area contributed by atoms with E-state index in [1.165, 1.54) is 24.5 Å². The topological polar surface area (TPSA) is 38.9 Å². The monoisotopic (exact) mass is 526 g/mol. The zero-order valence-corrected chi connectivity index (χ0v) is 18.1. The fourth-order valence-corrected chi connectivity index (χ4v) is 4.13. The lowest BCUT2D eigenvalue weighted by molar-refractivity contribution is -0.163. The standard InChI is InChI=1S/C25H11F9N2O/c26-23(27,28)17-11-19(25(32,33)34)18(24(29,30)31)10-16(17)21-14-8-12-4-1-2-5-13(12)9-15(14)22(36-35-21)20-6-3-7-37-20/h1-11H. The maximum Gasteiger partial charge on any atom is 0.417 e. The molecule has 0 atom stereocenters. The first-order chi connectivity index (χ1) is 17.2. The molecule has 3 nitrogen and oxygen atoms in total. The lowest BCUT2D eigenvalue weighted by Gasteiger charge is -2.21. The Kier molecular flexibility index (Phi) is 5.46. The second-order valence-corrected chi connectivity index (χ2v) is 8.06. The zero-order chi connectivity index (χ0) is 26.8. The number of furan rings is 1. The van der Waals surface area contributed by atoms with Crippen LogP contribution in [0.1, 0.15) is 16.7 Å². The molecular formula is C25H11F9N2O. The van der Waals surface area contributed by atoms with E-state index in [2.05, 4.69) is 10.2 Å². The summed E-state index contributed by atoms with van der Waals surface area (Å²) < 4.78 is 128. The molecule has 0 spiro atoms. The number of fused-ring (bicyclic) bond motifs is 2. The van der Waals surface area contributed by atoms with Gasteiger partial charge >= 0.3 is 18.5 Å². The molecule has 12 heteroatoms. The van der Waals surface area contributed by atoms with Crippen molar-refractivity contribution in [3.63, 3.8) is 0 Å². The second-order valence-electron chi connectivity index (χ2n) is 8.06. The van der Waals surface area contributed by atoms with E-state index in [0.717, 1.165) is 0 Å². The average molecular weight is 526 g/mol. The van der Waals surface area contributed by atoms with Crippen molar-refractivity contribution < 1.29 is 43.9 Å². The lowest BCUT2D eigenvalue weighted by Crippen LogP contribution is -2.20. The summed E-state index contributed by atoms with van der Waals surface area (Å²) in [5, 5.41) is 8.93. The average Bonchev–Trinajstić information content (AvgIpc) is 3.34. The molecule has 0 unspecified atom stereocenters. The van der Waals surface area contributed by atoms with Crippen LogP contribution in [0.25, 0.3) is 44.3 Å². The van der Waals surface area contributed by atoms with Crippen LogP contribution in [0.5, 0.6) is 0 Å². The number of alkyl halides is 9. The lowest BCUT2D eigenvalue weighted by atomic mass is 9.92. The van der Waals surface area contributed by atoms with E-state index in [9.17, 15) is 39.5 Å². The summed E-state index contributed by atoms with van der Waals surface area (Å²) in [5.74, 6) is 0.179. The fraction of sp³-hybridized carbons (Fsp3) is 0.120. The predicted molar refractivity (Wildman–Crippen MR) is 115 cm³/mol. The Morgan fingerprint density at radius 2 is 1.05 bits per heavy atom. The molecule has 3 aromatic carbocycles. The van der Waals surface area contributed by atoms with Gasteiger partial charge in [-0.25, -0.2) is 0 Å². The highest BCUT2D eigenvalue weighted by Crippen LogP contribution is 2.48. The Hall–Kier alpha value is -4.09. The number of benzene rings is 3. The van der Waals surface area contributed by atoms with Crippen molar-refractivity contribution in [3.8, 4) is 22.7 Å². The predicted octanol–water partition coefficient (Wildman–Crippen LogP) is 8.77. The van der Waals surface area contributed by atoms with Crippen molar-refractivity contribution >= 4 is 21.5 Å². The van der Waals surface area contributed by atoms with Crippen LogP contribution in [0.3, 0.4) is 0 Å². The Bertz CT molecular complexity index is 1630. The van der Waals surface area contributed by atoms with E-state index in [-0.39, 0.29) is 28.3 Å². The van der Waals surface area contributed by atoms with Crippen molar-refractivity contribution in [2.45, 2.75) is 18.5 Å². The van der Waals surface area contributed by atoms with Crippen LogP contribution >= 0.6 is 0 Å².